The van der Waals surface area contributed by atoms with Gasteiger partial charge in [-0.2, -0.15) is 0 Å². The Morgan fingerprint density at radius 2 is 2.31 bits per heavy atom. The van der Waals surface area contributed by atoms with E-state index in [-0.39, 0.29) is 5.82 Å². The van der Waals surface area contributed by atoms with Crippen molar-refractivity contribution in [1.29, 1.82) is 0 Å². The highest BCUT2D eigenvalue weighted by atomic mass is 19.1. The fraction of sp³-hybridized carbons (Fsp3) is 0.455. The van der Waals surface area contributed by atoms with Crippen LogP contribution < -0.4 is 5.32 Å². The van der Waals surface area contributed by atoms with Gasteiger partial charge in [-0.25, -0.2) is 4.39 Å². The average Bonchev–Trinajstić information content (AvgIpc) is 2.18. The smallest absolute Gasteiger partial charge is 0.126 e. The highest BCUT2D eigenvalue weighted by Crippen LogP contribution is 2.23. The summed E-state index contributed by atoms with van der Waals surface area (Å²) in [7, 11) is 1.97. The monoisotopic (exact) mass is 179 g/mol. The molecule has 2 rings (SSSR count). The van der Waals surface area contributed by atoms with E-state index < -0.39 is 0 Å². The van der Waals surface area contributed by atoms with Crippen LogP contribution in [0, 0.1) is 5.82 Å². The summed E-state index contributed by atoms with van der Waals surface area (Å²) < 4.78 is 13.3. The van der Waals surface area contributed by atoms with Gasteiger partial charge in [-0.15, -0.1) is 0 Å². The second-order valence-corrected chi connectivity index (χ2v) is 3.61. The van der Waals surface area contributed by atoms with Gasteiger partial charge in [0.05, 0.1) is 0 Å². The Balaban J connectivity index is 2.31. The van der Waals surface area contributed by atoms with Gasteiger partial charge in [0.15, 0.2) is 0 Å². The van der Waals surface area contributed by atoms with Crippen molar-refractivity contribution >= 4 is 0 Å². The van der Waals surface area contributed by atoms with Gasteiger partial charge in [-0.1, -0.05) is 12.1 Å². The summed E-state index contributed by atoms with van der Waals surface area (Å²) in [5.41, 5.74) is 2.10. The third-order valence-corrected chi connectivity index (χ3v) is 2.83. The molecule has 0 radical (unpaired) electrons. The first-order chi connectivity index (χ1) is 6.31. The maximum Gasteiger partial charge on any atom is 0.126 e. The Kier molecular flexibility index (Phi) is 2.32. The molecule has 0 saturated carbocycles. The van der Waals surface area contributed by atoms with Crippen molar-refractivity contribution in [3.8, 4) is 0 Å². The van der Waals surface area contributed by atoms with Crippen molar-refractivity contribution in [1.82, 2.24) is 5.32 Å². The summed E-state index contributed by atoms with van der Waals surface area (Å²) >= 11 is 0. The van der Waals surface area contributed by atoms with Crippen LogP contribution >= 0.6 is 0 Å². The Hall–Kier alpha value is -0.890. The highest BCUT2D eigenvalue weighted by Gasteiger charge is 2.18. The van der Waals surface area contributed by atoms with E-state index >= 15 is 0 Å². The predicted molar refractivity (Wildman–Crippen MR) is 51.3 cm³/mol. The van der Waals surface area contributed by atoms with E-state index in [0.717, 1.165) is 24.8 Å². The number of rotatable bonds is 1. The normalized spacial score (nSPS) is 21.2. The fourth-order valence-electron chi connectivity index (χ4n) is 2.01. The van der Waals surface area contributed by atoms with Crippen molar-refractivity contribution in [3.05, 3.63) is 35.1 Å². The lowest BCUT2D eigenvalue weighted by atomic mass is 9.88. The predicted octanol–water partition coefficient (Wildman–Crippen LogP) is 1.90. The molecule has 2 heteroatoms. The molecule has 0 spiro atoms. The second kappa shape index (κ2) is 3.46. The molecule has 0 bridgehead atoms. The molecule has 0 amide bonds. The third-order valence-electron chi connectivity index (χ3n) is 2.83. The van der Waals surface area contributed by atoms with Gasteiger partial charge in [0, 0.05) is 6.04 Å². The molecule has 1 nitrogen and oxygen atoms in total. The van der Waals surface area contributed by atoms with Gasteiger partial charge >= 0.3 is 0 Å². The van der Waals surface area contributed by atoms with E-state index in [1.807, 2.05) is 13.1 Å². The van der Waals surface area contributed by atoms with Gasteiger partial charge in [0.25, 0.3) is 0 Å². The molecular weight excluding hydrogens is 165 g/mol. The SMILES string of the molecule is CNC1CCc2c(F)cccc2C1. The van der Waals surface area contributed by atoms with Crippen LogP contribution in [0.4, 0.5) is 4.39 Å². The molecule has 0 aliphatic heterocycles. The number of hydrogen-bond acceptors (Lipinski definition) is 1. The molecule has 0 fully saturated rings. The molecule has 70 valence electrons. The minimum absolute atomic E-state index is 0.0351. The first-order valence-electron chi connectivity index (χ1n) is 4.75. The number of fused-ring (bicyclic) bond motifs is 1. The van der Waals surface area contributed by atoms with Gasteiger partial charge in [-0.05, 0) is 43.5 Å². The minimum Gasteiger partial charge on any atom is -0.317 e. The second-order valence-electron chi connectivity index (χ2n) is 3.61. The molecule has 1 aliphatic rings. The Labute approximate surface area is 78.0 Å². The molecule has 0 saturated heterocycles. The van der Waals surface area contributed by atoms with Crippen LogP contribution in [0.25, 0.3) is 0 Å². The van der Waals surface area contributed by atoms with Crippen LogP contribution in [0.15, 0.2) is 18.2 Å². The minimum atomic E-state index is -0.0351. The first-order valence-corrected chi connectivity index (χ1v) is 4.75. The van der Waals surface area contributed by atoms with Crippen molar-refractivity contribution in [3.63, 3.8) is 0 Å². The van der Waals surface area contributed by atoms with Crippen LogP contribution in [0.3, 0.4) is 0 Å². The van der Waals surface area contributed by atoms with E-state index in [4.69, 9.17) is 0 Å². The average molecular weight is 179 g/mol. The van der Waals surface area contributed by atoms with Crippen LogP contribution in [-0.2, 0) is 12.8 Å². The number of hydrogen-bond donors (Lipinski definition) is 1. The van der Waals surface area contributed by atoms with Crippen molar-refractivity contribution in [2.24, 2.45) is 0 Å². The molecule has 13 heavy (non-hydrogen) atoms. The summed E-state index contributed by atoms with van der Waals surface area (Å²) in [6.45, 7) is 0. The lowest BCUT2D eigenvalue weighted by Gasteiger charge is -2.24. The van der Waals surface area contributed by atoms with E-state index in [1.54, 1.807) is 12.1 Å². The van der Waals surface area contributed by atoms with Crippen LogP contribution in [0.1, 0.15) is 17.5 Å². The zero-order valence-electron chi connectivity index (χ0n) is 7.81. The maximum atomic E-state index is 13.3. The molecule has 1 N–H and O–H groups in total. The summed E-state index contributed by atoms with van der Waals surface area (Å²) in [6, 6.07) is 5.90. The number of nitrogens with one attached hydrogen (secondary N) is 1. The third kappa shape index (κ3) is 1.59. The largest absolute Gasteiger partial charge is 0.317 e. The van der Waals surface area contributed by atoms with Gasteiger partial charge in [0.1, 0.15) is 5.82 Å². The van der Waals surface area contributed by atoms with E-state index in [1.165, 1.54) is 5.56 Å². The van der Waals surface area contributed by atoms with Crippen molar-refractivity contribution < 1.29 is 4.39 Å². The molecule has 0 aromatic heterocycles. The van der Waals surface area contributed by atoms with Crippen LogP contribution in [0.2, 0.25) is 0 Å². The molecule has 1 aromatic carbocycles. The molecule has 1 aromatic rings. The van der Waals surface area contributed by atoms with E-state index in [9.17, 15) is 4.39 Å². The maximum absolute atomic E-state index is 13.3. The standard InChI is InChI=1S/C11H14FN/c1-13-9-5-6-10-8(7-9)3-2-4-11(10)12/h2-4,9,13H,5-7H2,1H3. The topological polar surface area (TPSA) is 12.0 Å². The molecule has 0 heterocycles. The van der Waals surface area contributed by atoms with Crippen molar-refractivity contribution in [2.75, 3.05) is 7.05 Å². The number of benzene rings is 1. The van der Waals surface area contributed by atoms with Gasteiger partial charge < -0.3 is 5.32 Å². The van der Waals surface area contributed by atoms with Crippen LogP contribution in [0.5, 0.6) is 0 Å². The first kappa shape index (κ1) is 8.70. The number of likely N-dealkylation sites (N-methyl/N-ethyl adjacent to an activating group) is 1. The Morgan fingerprint density at radius 1 is 1.46 bits per heavy atom. The lowest BCUT2D eigenvalue weighted by molar-refractivity contribution is 0.480. The lowest BCUT2D eigenvalue weighted by Crippen LogP contribution is -2.31. The summed E-state index contributed by atoms with van der Waals surface area (Å²) in [5.74, 6) is -0.0351. The number of halogens is 1. The Morgan fingerprint density at radius 3 is 3.08 bits per heavy atom. The zero-order chi connectivity index (χ0) is 9.26. The molecule has 1 atom stereocenters. The van der Waals surface area contributed by atoms with Gasteiger partial charge in [-0.3, -0.25) is 0 Å². The molecular formula is C11H14FN. The molecule has 1 aliphatic carbocycles. The Bertz CT molecular complexity index is 309. The zero-order valence-corrected chi connectivity index (χ0v) is 7.81. The highest BCUT2D eigenvalue weighted by molar-refractivity contribution is 5.31. The fourth-order valence-corrected chi connectivity index (χ4v) is 2.01. The van der Waals surface area contributed by atoms with E-state index in [0.29, 0.717) is 6.04 Å². The van der Waals surface area contributed by atoms with Crippen LogP contribution in [-0.4, -0.2) is 13.1 Å². The molecule has 1 unspecified atom stereocenters. The van der Waals surface area contributed by atoms with E-state index in [2.05, 4.69) is 5.32 Å². The van der Waals surface area contributed by atoms with Crippen molar-refractivity contribution in [2.45, 2.75) is 25.3 Å². The summed E-state index contributed by atoms with van der Waals surface area (Å²) in [6.07, 6.45) is 2.88. The summed E-state index contributed by atoms with van der Waals surface area (Å²) in [5, 5.41) is 3.24. The van der Waals surface area contributed by atoms with Gasteiger partial charge in [0.2, 0.25) is 0 Å². The summed E-state index contributed by atoms with van der Waals surface area (Å²) in [4.78, 5) is 0. The quantitative estimate of drug-likeness (QED) is 0.694.